The summed E-state index contributed by atoms with van der Waals surface area (Å²) in [6.07, 6.45) is 4.03. The molecule has 1 aromatic rings. The SMILES string of the molecule is Fc1cccc(CN2CCCN(C3CC3)CC2)c1. The van der Waals surface area contributed by atoms with Crippen LogP contribution in [0.25, 0.3) is 0 Å². The van der Waals surface area contributed by atoms with Gasteiger partial charge in [-0.05, 0) is 50.0 Å². The van der Waals surface area contributed by atoms with Gasteiger partial charge in [-0.3, -0.25) is 9.80 Å². The van der Waals surface area contributed by atoms with Gasteiger partial charge in [-0.1, -0.05) is 12.1 Å². The number of rotatable bonds is 3. The van der Waals surface area contributed by atoms with Crippen LogP contribution in [0.1, 0.15) is 24.8 Å². The Morgan fingerprint density at radius 2 is 2.00 bits per heavy atom. The van der Waals surface area contributed by atoms with Crippen LogP contribution in [0.5, 0.6) is 0 Å². The van der Waals surface area contributed by atoms with E-state index in [1.807, 2.05) is 6.07 Å². The minimum Gasteiger partial charge on any atom is -0.299 e. The predicted molar refractivity (Wildman–Crippen MR) is 70.9 cm³/mol. The van der Waals surface area contributed by atoms with Crippen molar-refractivity contribution < 1.29 is 4.39 Å². The summed E-state index contributed by atoms with van der Waals surface area (Å²) in [5, 5.41) is 0. The van der Waals surface area contributed by atoms with Crippen LogP contribution in [0.15, 0.2) is 24.3 Å². The second kappa shape index (κ2) is 5.37. The molecule has 1 aliphatic carbocycles. The first kappa shape index (κ1) is 12.1. The first-order valence-electron chi connectivity index (χ1n) is 7.02. The molecule has 0 aromatic heterocycles. The topological polar surface area (TPSA) is 6.48 Å². The molecule has 98 valence electrons. The molecule has 0 bridgehead atoms. The fourth-order valence-electron chi connectivity index (χ4n) is 2.85. The van der Waals surface area contributed by atoms with Crippen LogP contribution in [0.3, 0.4) is 0 Å². The molecule has 2 nitrogen and oxygen atoms in total. The fourth-order valence-corrected chi connectivity index (χ4v) is 2.85. The van der Waals surface area contributed by atoms with E-state index in [4.69, 9.17) is 0 Å². The predicted octanol–water partition coefficient (Wildman–Crippen LogP) is 2.50. The molecule has 0 N–H and O–H groups in total. The van der Waals surface area contributed by atoms with Gasteiger partial charge in [0.25, 0.3) is 0 Å². The molecule has 0 amide bonds. The maximum Gasteiger partial charge on any atom is 0.123 e. The highest BCUT2D eigenvalue weighted by Crippen LogP contribution is 2.27. The van der Waals surface area contributed by atoms with Crippen molar-refractivity contribution in [2.75, 3.05) is 26.2 Å². The van der Waals surface area contributed by atoms with Crippen LogP contribution >= 0.6 is 0 Å². The zero-order valence-electron chi connectivity index (χ0n) is 10.8. The van der Waals surface area contributed by atoms with Gasteiger partial charge in [0.2, 0.25) is 0 Å². The van der Waals surface area contributed by atoms with Crippen LogP contribution in [-0.2, 0) is 6.54 Å². The minimum absolute atomic E-state index is 0.123. The average Bonchev–Trinajstić information content (AvgIpc) is 3.14. The zero-order chi connectivity index (χ0) is 12.4. The molecule has 0 radical (unpaired) electrons. The number of nitrogens with zero attached hydrogens (tertiary/aromatic N) is 2. The van der Waals surface area contributed by atoms with E-state index >= 15 is 0 Å². The van der Waals surface area contributed by atoms with Gasteiger partial charge in [0, 0.05) is 25.7 Å². The first-order valence-corrected chi connectivity index (χ1v) is 7.02. The Hall–Kier alpha value is -0.930. The number of halogens is 1. The van der Waals surface area contributed by atoms with E-state index in [-0.39, 0.29) is 5.82 Å². The molecular weight excluding hydrogens is 227 g/mol. The van der Waals surface area contributed by atoms with Crippen LogP contribution in [0.4, 0.5) is 4.39 Å². The summed E-state index contributed by atoms with van der Waals surface area (Å²) in [5.74, 6) is -0.123. The third-order valence-corrected chi connectivity index (χ3v) is 3.98. The van der Waals surface area contributed by atoms with Gasteiger partial charge < -0.3 is 0 Å². The molecule has 1 aliphatic heterocycles. The number of hydrogen-bond donors (Lipinski definition) is 0. The second-order valence-corrected chi connectivity index (χ2v) is 5.53. The second-order valence-electron chi connectivity index (χ2n) is 5.53. The molecule has 1 saturated heterocycles. The zero-order valence-corrected chi connectivity index (χ0v) is 10.8. The van der Waals surface area contributed by atoms with E-state index in [9.17, 15) is 4.39 Å². The summed E-state index contributed by atoms with van der Waals surface area (Å²) >= 11 is 0. The Labute approximate surface area is 108 Å². The molecule has 2 aliphatic rings. The quantitative estimate of drug-likeness (QED) is 0.811. The van der Waals surface area contributed by atoms with E-state index in [0.29, 0.717) is 0 Å². The molecule has 2 fully saturated rings. The molecule has 1 aromatic carbocycles. The molecule has 3 rings (SSSR count). The highest BCUT2D eigenvalue weighted by Gasteiger charge is 2.29. The van der Waals surface area contributed by atoms with Gasteiger partial charge in [0.05, 0.1) is 0 Å². The van der Waals surface area contributed by atoms with E-state index in [1.54, 1.807) is 12.1 Å². The maximum absolute atomic E-state index is 13.2. The summed E-state index contributed by atoms with van der Waals surface area (Å²) in [6.45, 7) is 5.56. The van der Waals surface area contributed by atoms with Crippen molar-refractivity contribution in [3.63, 3.8) is 0 Å². The van der Waals surface area contributed by atoms with Gasteiger partial charge in [-0.2, -0.15) is 0 Å². The lowest BCUT2D eigenvalue weighted by Crippen LogP contribution is -2.31. The lowest BCUT2D eigenvalue weighted by atomic mass is 10.2. The van der Waals surface area contributed by atoms with E-state index in [1.165, 1.54) is 38.4 Å². The van der Waals surface area contributed by atoms with Crippen molar-refractivity contribution >= 4 is 0 Å². The minimum atomic E-state index is -0.123. The Bertz CT molecular complexity index is 403. The van der Waals surface area contributed by atoms with Crippen molar-refractivity contribution in [2.24, 2.45) is 0 Å². The molecule has 0 unspecified atom stereocenters. The third kappa shape index (κ3) is 3.09. The van der Waals surface area contributed by atoms with Gasteiger partial charge in [0.1, 0.15) is 5.82 Å². The average molecular weight is 248 g/mol. The fraction of sp³-hybridized carbons (Fsp3) is 0.600. The lowest BCUT2D eigenvalue weighted by molar-refractivity contribution is 0.246. The van der Waals surface area contributed by atoms with Crippen LogP contribution < -0.4 is 0 Å². The molecule has 0 spiro atoms. The molecule has 18 heavy (non-hydrogen) atoms. The molecule has 0 atom stereocenters. The van der Waals surface area contributed by atoms with Crippen LogP contribution in [-0.4, -0.2) is 42.0 Å². The highest BCUT2D eigenvalue weighted by molar-refractivity contribution is 5.16. The monoisotopic (exact) mass is 248 g/mol. The smallest absolute Gasteiger partial charge is 0.123 e. The highest BCUT2D eigenvalue weighted by atomic mass is 19.1. The van der Waals surface area contributed by atoms with Crippen molar-refractivity contribution in [3.8, 4) is 0 Å². The Morgan fingerprint density at radius 1 is 1.11 bits per heavy atom. The van der Waals surface area contributed by atoms with Gasteiger partial charge in [-0.15, -0.1) is 0 Å². The normalized spacial score (nSPS) is 22.9. The third-order valence-electron chi connectivity index (χ3n) is 3.98. The maximum atomic E-state index is 13.2. The summed E-state index contributed by atoms with van der Waals surface area (Å²) in [5.41, 5.74) is 1.09. The summed E-state index contributed by atoms with van der Waals surface area (Å²) in [7, 11) is 0. The van der Waals surface area contributed by atoms with Gasteiger partial charge in [0.15, 0.2) is 0 Å². The van der Waals surface area contributed by atoms with E-state index < -0.39 is 0 Å². The molecule has 1 heterocycles. The van der Waals surface area contributed by atoms with Crippen LogP contribution in [0, 0.1) is 5.82 Å². The molecule has 1 saturated carbocycles. The molecular formula is C15H21FN2. The number of hydrogen-bond acceptors (Lipinski definition) is 2. The van der Waals surface area contributed by atoms with Crippen molar-refractivity contribution in [3.05, 3.63) is 35.6 Å². The summed E-state index contributed by atoms with van der Waals surface area (Å²) in [6, 6.07) is 7.87. The summed E-state index contributed by atoms with van der Waals surface area (Å²) < 4.78 is 13.2. The summed E-state index contributed by atoms with van der Waals surface area (Å²) in [4.78, 5) is 5.09. The largest absolute Gasteiger partial charge is 0.299 e. The van der Waals surface area contributed by atoms with E-state index in [0.717, 1.165) is 31.2 Å². The standard InChI is InChI=1S/C15H21FN2/c16-14-4-1-3-13(11-14)12-17-7-2-8-18(10-9-17)15-5-6-15/h1,3-4,11,15H,2,5-10,12H2. The van der Waals surface area contributed by atoms with Gasteiger partial charge in [-0.25, -0.2) is 4.39 Å². The lowest BCUT2D eigenvalue weighted by Gasteiger charge is -2.21. The van der Waals surface area contributed by atoms with Crippen molar-refractivity contribution in [2.45, 2.75) is 31.8 Å². The van der Waals surface area contributed by atoms with Crippen LogP contribution in [0.2, 0.25) is 0 Å². The Morgan fingerprint density at radius 3 is 2.78 bits per heavy atom. The molecule has 3 heteroatoms. The van der Waals surface area contributed by atoms with Gasteiger partial charge >= 0.3 is 0 Å². The first-order chi connectivity index (χ1) is 8.81. The van der Waals surface area contributed by atoms with Crippen molar-refractivity contribution in [1.82, 2.24) is 9.80 Å². The van der Waals surface area contributed by atoms with E-state index in [2.05, 4.69) is 9.80 Å². The number of benzene rings is 1. The Balaban J connectivity index is 1.56. The van der Waals surface area contributed by atoms with Crippen molar-refractivity contribution in [1.29, 1.82) is 0 Å². The Kier molecular flexibility index (Phi) is 3.62.